The van der Waals surface area contributed by atoms with Gasteiger partial charge in [-0.25, -0.2) is 9.97 Å². The molecular weight excluding hydrogens is 302 g/mol. The van der Waals surface area contributed by atoms with Crippen molar-refractivity contribution in [2.24, 2.45) is 0 Å². The van der Waals surface area contributed by atoms with Crippen LogP contribution in [-0.2, 0) is 10.2 Å². The molecule has 0 spiro atoms. The highest BCUT2D eigenvalue weighted by atomic mass is 32.1. The van der Waals surface area contributed by atoms with Gasteiger partial charge in [0.1, 0.15) is 16.9 Å². The Hall–Kier alpha value is -2.61. The van der Waals surface area contributed by atoms with E-state index in [2.05, 4.69) is 25.3 Å². The number of nitrogens with zero attached hydrogens (tertiary/aromatic N) is 4. The fourth-order valence-corrected chi connectivity index (χ4v) is 3.03. The van der Waals surface area contributed by atoms with Crippen molar-refractivity contribution in [1.82, 2.24) is 19.9 Å². The first-order valence-corrected chi connectivity index (χ1v) is 7.52. The molecule has 22 heavy (non-hydrogen) atoms. The van der Waals surface area contributed by atoms with Gasteiger partial charge in [-0.1, -0.05) is 11.3 Å². The van der Waals surface area contributed by atoms with Crippen molar-refractivity contribution in [3.63, 3.8) is 0 Å². The molecule has 4 rings (SSSR count). The van der Waals surface area contributed by atoms with Crippen molar-refractivity contribution in [2.45, 2.75) is 18.3 Å². The molecule has 0 aliphatic heterocycles. The van der Waals surface area contributed by atoms with Crippen molar-refractivity contribution in [1.29, 1.82) is 0 Å². The van der Waals surface area contributed by atoms with Crippen LogP contribution in [0.1, 0.15) is 18.6 Å². The van der Waals surface area contributed by atoms with Crippen LogP contribution < -0.4 is 5.32 Å². The monoisotopic (exact) mass is 313 g/mol. The Morgan fingerprint density at radius 1 is 1.18 bits per heavy atom. The third-order valence-corrected chi connectivity index (χ3v) is 4.57. The molecular formula is C14H11N5O2S. The topological polar surface area (TPSA) is 93.8 Å². The summed E-state index contributed by atoms with van der Waals surface area (Å²) in [6.45, 7) is 0. The summed E-state index contributed by atoms with van der Waals surface area (Å²) < 4.78 is 5.29. The fourth-order valence-electron chi connectivity index (χ4n) is 2.26. The summed E-state index contributed by atoms with van der Waals surface area (Å²) in [6, 6.07) is 0. The van der Waals surface area contributed by atoms with Crippen LogP contribution in [0.5, 0.6) is 0 Å². The molecule has 0 saturated heterocycles. The van der Waals surface area contributed by atoms with Crippen molar-refractivity contribution in [3.05, 3.63) is 43.1 Å². The lowest BCUT2D eigenvalue weighted by atomic mass is 10.0. The van der Waals surface area contributed by atoms with E-state index in [0.717, 1.165) is 23.4 Å². The molecule has 3 aromatic heterocycles. The molecule has 0 atom stereocenters. The van der Waals surface area contributed by atoms with Gasteiger partial charge < -0.3 is 9.73 Å². The zero-order chi connectivity index (χ0) is 15.0. The van der Waals surface area contributed by atoms with E-state index in [1.54, 1.807) is 31.0 Å². The van der Waals surface area contributed by atoms with E-state index < -0.39 is 5.41 Å². The van der Waals surface area contributed by atoms with Crippen LogP contribution in [0.2, 0.25) is 0 Å². The number of carbonyl (C=O) groups is 1. The fraction of sp³-hybridized carbons (Fsp3) is 0.214. The first kappa shape index (κ1) is 13.1. The molecule has 0 bridgehead atoms. The molecule has 1 fully saturated rings. The lowest BCUT2D eigenvalue weighted by Gasteiger charge is -2.10. The number of rotatable bonds is 4. The Morgan fingerprint density at radius 2 is 2.09 bits per heavy atom. The van der Waals surface area contributed by atoms with Crippen LogP contribution in [0.15, 0.2) is 41.8 Å². The summed E-state index contributed by atoms with van der Waals surface area (Å²) in [5.41, 5.74) is 0.145. The summed E-state index contributed by atoms with van der Waals surface area (Å²) in [7, 11) is 0. The maximum atomic E-state index is 12.5. The summed E-state index contributed by atoms with van der Waals surface area (Å²) >= 11 is 1.36. The SMILES string of the molecule is O=C(Nc1ncc(-c2cnccn2)s1)C1(c2cnco2)CC1. The normalized spacial score (nSPS) is 15.5. The standard InChI is InChI=1S/C14H11N5O2S/c20-12(14(1-2-14)11-7-16-8-21-11)19-13-18-6-10(22-13)9-5-15-3-4-17-9/h3-8H,1-2H2,(H,18,19,20). The molecule has 1 aliphatic carbocycles. The summed E-state index contributed by atoms with van der Waals surface area (Å²) in [5.74, 6) is 0.500. The van der Waals surface area contributed by atoms with Gasteiger partial charge >= 0.3 is 0 Å². The first-order valence-electron chi connectivity index (χ1n) is 6.71. The number of amides is 1. The number of carbonyl (C=O) groups excluding carboxylic acids is 1. The van der Waals surface area contributed by atoms with Gasteiger partial charge in [-0.05, 0) is 12.8 Å². The highest BCUT2D eigenvalue weighted by Gasteiger charge is 2.54. The molecule has 110 valence electrons. The minimum Gasteiger partial charge on any atom is -0.447 e. The molecule has 0 unspecified atom stereocenters. The number of hydrogen-bond donors (Lipinski definition) is 1. The van der Waals surface area contributed by atoms with Crippen LogP contribution in [0.25, 0.3) is 10.6 Å². The predicted molar refractivity (Wildman–Crippen MR) is 79.2 cm³/mol. The Balaban J connectivity index is 1.53. The second-order valence-corrected chi connectivity index (χ2v) is 6.05. The average molecular weight is 313 g/mol. The van der Waals surface area contributed by atoms with Crippen molar-refractivity contribution < 1.29 is 9.21 Å². The smallest absolute Gasteiger partial charge is 0.240 e. The van der Waals surface area contributed by atoms with Gasteiger partial charge in [0.2, 0.25) is 5.91 Å². The van der Waals surface area contributed by atoms with Gasteiger partial charge in [-0.3, -0.25) is 14.8 Å². The third kappa shape index (κ3) is 2.17. The van der Waals surface area contributed by atoms with E-state index in [-0.39, 0.29) is 5.91 Å². The molecule has 0 radical (unpaired) electrons. The van der Waals surface area contributed by atoms with Gasteiger partial charge in [-0.15, -0.1) is 0 Å². The quantitative estimate of drug-likeness (QED) is 0.794. The zero-order valence-corrected chi connectivity index (χ0v) is 12.2. The van der Waals surface area contributed by atoms with Gasteiger partial charge in [0.15, 0.2) is 11.5 Å². The van der Waals surface area contributed by atoms with Crippen LogP contribution in [-0.4, -0.2) is 25.8 Å². The van der Waals surface area contributed by atoms with Crippen molar-refractivity contribution >= 4 is 22.4 Å². The van der Waals surface area contributed by atoms with Gasteiger partial charge in [0.05, 0.1) is 17.3 Å². The summed E-state index contributed by atoms with van der Waals surface area (Å²) in [6.07, 6.45) is 11.0. The Morgan fingerprint density at radius 3 is 2.77 bits per heavy atom. The lowest BCUT2D eigenvalue weighted by Crippen LogP contribution is -2.27. The average Bonchev–Trinajstić information content (AvgIpc) is 2.99. The molecule has 7 nitrogen and oxygen atoms in total. The highest BCUT2D eigenvalue weighted by molar-refractivity contribution is 7.19. The molecule has 3 aromatic rings. The molecule has 1 amide bonds. The molecule has 8 heteroatoms. The van der Waals surface area contributed by atoms with Gasteiger partial charge in [0, 0.05) is 18.6 Å². The van der Waals surface area contributed by atoms with E-state index in [0.29, 0.717) is 10.9 Å². The number of hydrogen-bond acceptors (Lipinski definition) is 7. The predicted octanol–water partition coefficient (Wildman–Crippen LogP) is 2.26. The van der Waals surface area contributed by atoms with E-state index in [1.165, 1.54) is 17.7 Å². The number of aromatic nitrogens is 4. The minimum atomic E-state index is -0.588. The highest BCUT2D eigenvalue weighted by Crippen LogP contribution is 2.49. The largest absolute Gasteiger partial charge is 0.447 e. The van der Waals surface area contributed by atoms with E-state index in [1.807, 2.05) is 0 Å². The van der Waals surface area contributed by atoms with Crippen molar-refractivity contribution in [2.75, 3.05) is 5.32 Å². The molecule has 1 N–H and O–H groups in total. The third-order valence-electron chi connectivity index (χ3n) is 3.63. The summed E-state index contributed by atoms with van der Waals surface area (Å²) in [5, 5.41) is 3.39. The van der Waals surface area contributed by atoms with Gasteiger partial charge in [0.25, 0.3) is 0 Å². The van der Waals surface area contributed by atoms with E-state index >= 15 is 0 Å². The minimum absolute atomic E-state index is 0.107. The van der Waals surface area contributed by atoms with Crippen LogP contribution >= 0.6 is 11.3 Å². The van der Waals surface area contributed by atoms with Gasteiger partial charge in [-0.2, -0.15) is 0 Å². The molecule has 3 heterocycles. The Labute approximate surface area is 129 Å². The van der Waals surface area contributed by atoms with Crippen molar-refractivity contribution in [3.8, 4) is 10.6 Å². The maximum absolute atomic E-state index is 12.5. The van der Waals surface area contributed by atoms with Crippen LogP contribution in [0, 0.1) is 0 Å². The second kappa shape index (κ2) is 4.99. The van der Waals surface area contributed by atoms with E-state index in [9.17, 15) is 4.79 Å². The summed E-state index contributed by atoms with van der Waals surface area (Å²) in [4.78, 5) is 29.7. The first-order chi connectivity index (χ1) is 10.8. The molecule has 1 aliphatic rings. The number of nitrogens with one attached hydrogen (secondary N) is 1. The lowest BCUT2D eigenvalue weighted by molar-refractivity contribution is -0.118. The Bertz CT molecular complexity index is 796. The molecule has 0 aromatic carbocycles. The number of oxazole rings is 1. The second-order valence-electron chi connectivity index (χ2n) is 5.02. The molecule has 1 saturated carbocycles. The van der Waals surface area contributed by atoms with E-state index in [4.69, 9.17) is 4.42 Å². The van der Waals surface area contributed by atoms with Crippen LogP contribution in [0.4, 0.5) is 5.13 Å². The van der Waals surface area contributed by atoms with Crippen LogP contribution in [0.3, 0.4) is 0 Å². The Kier molecular flexibility index (Phi) is 2.97. The zero-order valence-electron chi connectivity index (χ0n) is 11.4. The number of anilines is 1. The number of thiazole rings is 1. The maximum Gasteiger partial charge on any atom is 0.240 e.